The van der Waals surface area contributed by atoms with Crippen LogP contribution in [0.3, 0.4) is 0 Å². The quantitative estimate of drug-likeness (QED) is 0.637. The van der Waals surface area contributed by atoms with Crippen LogP contribution in [0.2, 0.25) is 0 Å². The van der Waals surface area contributed by atoms with Crippen molar-refractivity contribution < 1.29 is 14.3 Å². The number of benzene rings is 3. The number of amides is 1. The van der Waals surface area contributed by atoms with E-state index >= 15 is 0 Å². The van der Waals surface area contributed by atoms with Gasteiger partial charge < -0.3 is 14.8 Å². The highest BCUT2D eigenvalue weighted by Crippen LogP contribution is 2.20. The van der Waals surface area contributed by atoms with E-state index in [1.165, 1.54) is 0 Å². The molecule has 0 radical (unpaired) electrons. The predicted octanol–water partition coefficient (Wildman–Crippen LogP) is 4.41. The molecule has 0 bridgehead atoms. The first-order chi connectivity index (χ1) is 14.6. The molecule has 0 aliphatic carbocycles. The summed E-state index contributed by atoms with van der Waals surface area (Å²) in [6, 6.07) is 25.0. The van der Waals surface area contributed by atoms with Crippen molar-refractivity contribution in [3.05, 3.63) is 89.5 Å². The van der Waals surface area contributed by atoms with Gasteiger partial charge in [0.2, 0.25) is 0 Å². The molecular formula is C24H19N3O3. The van der Waals surface area contributed by atoms with Crippen LogP contribution in [0.1, 0.15) is 23.6 Å². The Morgan fingerprint density at radius 2 is 1.60 bits per heavy atom. The maximum absolute atomic E-state index is 12.5. The van der Waals surface area contributed by atoms with Crippen LogP contribution in [-0.2, 0) is 11.4 Å². The van der Waals surface area contributed by atoms with Crippen LogP contribution in [0.4, 0.5) is 5.69 Å². The summed E-state index contributed by atoms with van der Waals surface area (Å²) < 4.78 is 11.4. The van der Waals surface area contributed by atoms with Gasteiger partial charge >= 0.3 is 0 Å². The van der Waals surface area contributed by atoms with E-state index in [9.17, 15) is 4.79 Å². The minimum atomic E-state index is -0.753. The summed E-state index contributed by atoms with van der Waals surface area (Å²) >= 11 is 0. The van der Waals surface area contributed by atoms with E-state index in [-0.39, 0.29) is 5.91 Å². The predicted molar refractivity (Wildman–Crippen MR) is 112 cm³/mol. The Bertz CT molecular complexity index is 1130. The highest BCUT2D eigenvalue weighted by molar-refractivity contribution is 5.94. The van der Waals surface area contributed by atoms with Crippen LogP contribution in [0.15, 0.2) is 72.8 Å². The second kappa shape index (κ2) is 9.77. The van der Waals surface area contributed by atoms with Gasteiger partial charge in [-0.2, -0.15) is 10.5 Å². The van der Waals surface area contributed by atoms with Gasteiger partial charge in [0.25, 0.3) is 5.91 Å². The van der Waals surface area contributed by atoms with Gasteiger partial charge in [0.1, 0.15) is 18.1 Å². The first-order valence-electron chi connectivity index (χ1n) is 9.27. The van der Waals surface area contributed by atoms with Crippen LogP contribution in [0.25, 0.3) is 0 Å². The van der Waals surface area contributed by atoms with Crippen LogP contribution >= 0.6 is 0 Å². The second-order valence-electron chi connectivity index (χ2n) is 6.52. The van der Waals surface area contributed by atoms with Gasteiger partial charge in [0.15, 0.2) is 6.10 Å². The van der Waals surface area contributed by atoms with Crippen molar-refractivity contribution in [1.29, 1.82) is 10.5 Å². The summed E-state index contributed by atoms with van der Waals surface area (Å²) in [6.07, 6.45) is -0.753. The molecule has 148 valence electrons. The average molecular weight is 397 g/mol. The average Bonchev–Trinajstić information content (AvgIpc) is 2.78. The molecule has 30 heavy (non-hydrogen) atoms. The summed E-state index contributed by atoms with van der Waals surface area (Å²) in [5.41, 5.74) is 2.49. The van der Waals surface area contributed by atoms with Crippen LogP contribution in [-0.4, -0.2) is 12.0 Å². The van der Waals surface area contributed by atoms with Gasteiger partial charge in [-0.25, -0.2) is 0 Å². The number of nitrogens with zero attached hydrogens (tertiary/aromatic N) is 2. The summed E-state index contributed by atoms with van der Waals surface area (Å²) in [7, 11) is 0. The molecule has 1 amide bonds. The number of carbonyl (C=O) groups is 1. The van der Waals surface area contributed by atoms with Crippen LogP contribution < -0.4 is 14.8 Å². The zero-order chi connectivity index (χ0) is 21.3. The summed E-state index contributed by atoms with van der Waals surface area (Å²) in [5, 5.41) is 20.7. The standard InChI is InChI=1S/C24H19N3O3/c1-17(30-23-10-3-6-19(12-23)15-26)24(28)27-21-8-4-9-22(13-21)29-16-20-7-2-5-18(11-20)14-25/h2-13,17H,16H2,1H3,(H,27,28). The zero-order valence-corrected chi connectivity index (χ0v) is 16.3. The van der Waals surface area contributed by atoms with Gasteiger partial charge in [-0.1, -0.05) is 24.3 Å². The lowest BCUT2D eigenvalue weighted by Crippen LogP contribution is -2.30. The highest BCUT2D eigenvalue weighted by atomic mass is 16.5. The molecule has 3 aromatic carbocycles. The van der Waals surface area contributed by atoms with Crippen molar-refractivity contribution in [3.8, 4) is 23.6 Å². The molecule has 1 atom stereocenters. The Morgan fingerprint density at radius 3 is 2.37 bits per heavy atom. The minimum absolute atomic E-state index is 0.307. The van der Waals surface area contributed by atoms with Crippen molar-refractivity contribution in [1.82, 2.24) is 0 Å². The second-order valence-corrected chi connectivity index (χ2v) is 6.52. The molecule has 0 aliphatic heterocycles. The smallest absolute Gasteiger partial charge is 0.265 e. The number of nitrogens with one attached hydrogen (secondary N) is 1. The van der Waals surface area contributed by atoms with Gasteiger partial charge in [-0.05, 0) is 55.0 Å². The van der Waals surface area contributed by atoms with E-state index < -0.39 is 6.10 Å². The third-order valence-electron chi connectivity index (χ3n) is 4.21. The minimum Gasteiger partial charge on any atom is -0.489 e. The van der Waals surface area contributed by atoms with Crippen LogP contribution in [0, 0.1) is 22.7 Å². The Kier molecular flexibility index (Phi) is 6.66. The van der Waals surface area contributed by atoms with E-state index in [1.807, 2.05) is 18.2 Å². The number of anilines is 1. The van der Waals surface area contributed by atoms with E-state index in [1.54, 1.807) is 67.6 Å². The van der Waals surface area contributed by atoms with Gasteiger partial charge in [0, 0.05) is 11.8 Å². The summed E-state index contributed by atoms with van der Waals surface area (Å²) in [4.78, 5) is 12.5. The molecule has 1 N–H and O–H groups in total. The Morgan fingerprint density at radius 1 is 0.933 bits per heavy atom. The zero-order valence-electron chi connectivity index (χ0n) is 16.3. The Labute approximate surface area is 174 Å². The van der Waals surface area contributed by atoms with Gasteiger partial charge in [0.05, 0.1) is 23.3 Å². The molecule has 0 aliphatic rings. The van der Waals surface area contributed by atoms with Crippen molar-refractivity contribution in [2.75, 3.05) is 5.32 Å². The van der Waals surface area contributed by atoms with E-state index in [4.69, 9.17) is 20.0 Å². The fraction of sp³-hybridized carbons (Fsp3) is 0.125. The lowest BCUT2D eigenvalue weighted by Gasteiger charge is -2.15. The van der Waals surface area contributed by atoms with Crippen molar-refractivity contribution >= 4 is 11.6 Å². The Hall–Kier alpha value is -4.29. The molecule has 3 rings (SSSR count). The molecule has 0 heterocycles. The largest absolute Gasteiger partial charge is 0.489 e. The van der Waals surface area contributed by atoms with Gasteiger partial charge in [-0.15, -0.1) is 0 Å². The number of nitriles is 2. The Balaban J connectivity index is 1.59. The SMILES string of the molecule is CC(Oc1cccc(C#N)c1)C(=O)Nc1cccc(OCc2cccc(C#N)c2)c1. The maximum Gasteiger partial charge on any atom is 0.265 e. The van der Waals surface area contributed by atoms with Gasteiger partial charge in [-0.3, -0.25) is 4.79 Å². The molecule has 3 aromatic rings. The number of hydrogen-bond acceptors (Lipinski definition) is 5. The molecule has 0 aromatic heterocycles. The molecule has 0 fully saturated rings. The lowest BCUT2D eigenvalue weighted by atomic mass is 10.1. The number of carbonyl (C=O) groups excluding carboxylic acids is 1. The molecule has 0 saturated carbocycles. The first-order valence-corrected chi connectivity index (χ1v) is 9.27. The maximum atomic E-state index is 12.5. The topological polar surface area (TPSA) is 95.1 Å². The molecule has 1 unspecified atom stereocenters. The van der Waals surface area contributed by atoms with Crippen LogP contribution in [0.5, 0.6) is 11.5 Å². The molecule has 0 spiro atoms. The number of ether oxygens (including phenoxy) is 2. The molecular weight excluding hydrogens is 378 g/mol. The van der Waals surface area contributed by atoms with E-state index in [0.717, 1.165) is 5.56 Å². The molecule has 0 saturated heterocycles. The fourth-order valence-electron chi connectivity index (χ4n) is 2.70. The normalized spacial score (nSPS) is 10.9. The first kappa shape index (κ1) is 20.4. The molecule has 6 heteroatoms. The lowest BCUT2D eigenvalue weighted by molar-refractivity contribution is -0.122. The summed E-state index contributed by atoms with van der Waals surface area (Å²) in [6.45, 7) is 1.94. The van der Waals surface area contributed by atoms with Crippen molar-refractivity contribution in [3.63, 3.8) is 0 Å². The third kappa shape index (κ3) is 5.60. The number of hydrogen-bond donors (Lipinski definition) is 1. The van der Waals surface area contributed by atoms with E-state index in [2.05, 4.69) is 11.4 Å². The fourth-order valence-corrected chi connectivity index (χ4v) is 2.70. The molecule has 6 nitrogen and oxygen atoms in total. The monoisotopic (exact) mass is 397 g/mol. The summed E-state index contributed by atoms with van der Waals surface area (Å²) in [5.74, 6) is 0.718. The highest BCUT2D eigenvalue weighted by Gasteiger charge is 2.15. The van der Waals surface area contributed by atoms with Crippen molar-refractivity contribution in [2.45, 2.75) is 19.6 Å². The third-order valence-corrected chi connectivity index (χ3v) is 4.21. The number of rotatable bonds is 7. The van der Waals surface area contributed by atoms with E-state index in [0.29, 0.717) is 34.9 Å². The van der Waals surface area contributed by atoms with Crippen molar-refractivity contribution in [2.24, 2.45) is 0 Å².